The summed E-state index contributed by atoms with van der Waals surface area (Å²) in [5.74, 6) is 0.917. The van der Waals surface area contributed by atoms with Crippen molar-refractivity contribution < 1.29 is 14.3 Å². The van der Waals surface area contributed by atoms with Crippen molar-refractivity contribution in [2.45, 2.75) is 40.2 Å². The number of unbranched alkanes of at least 4 members (excludes halogenated alkanes) is 1. The zero-order chi connectivity index (χ0) is 18.1. The highest BCUT2D eigenvalue weighted by atomic mass is 16.5. The summed E-state index contributed by atoms with van der Waals surface area (Å²) >= 11 is 0. The molecular weight excluding hydrogens is 316 g/mol. The molecule has 5 nitrogen and oxygen atoms in total. The Morgan fingerprint density at radius 2 is 1.88 bits per heavy atom. The van der Waals surface area contributed by atoms with Crippen molar-refractivity contribution in [2.24, 2.45) is 0 Å². The molecule has 1 fully saturated rings. The second-order valence-electron chi connectivity index (χ2n) is 6.39. The SMILES string of the molecule is CCCCOCc1cc(C(=O)N2CCN(CC)CC2)ccc1OCC. The molecule has 2 rings (SSSR count). The van der Waals surface area contributed by atoms with Gasteiger partial charge in [0.05, 0.1) is 13.2 Å². The molecule has 5 heteroatoms. The van der Waals surface area contributed by atoms with Gasteiger partial charge in [0.15, 0.2) is 0 Å². The summed E-state index contributed by atoms with van der Waals surface area (Å²) in [6.45, 7) is 12.6. The fraction of sp³-hybridized carbons (Fsp3) is 0.650. The summed E-state index contributed by atoms with van der Waals surface area (Å²) in [5.41, 5.74) is 1.68. The first-order valence-electron chi connectivity index (χ1n) is 9.54. The summed E-state index contributed by atoms with van der Waals surface area (Å²) in [6, 6.07) is 5.71. The Balaban J connectivity index is 2.05. The highest BCUT2D eigenvalue weighted by Gasteiger charge is 2.22. The minimum absolute atomic E-state index is 0.105. The first kappa shape index (κ1) is 19.7. The number of carbonyl (C=O) groups excluding carboxylic acids is 1. The zero-order valence-electron chi connectivity index (χ0n) is 15.9. The van der Waals surface area contributed by atoms with Gasteiger partial charge in [-0.1, -0.05) is 20.3 Å². The first-order valence-corrected chi connectivity index (χ1v) is 9.54. The first-order chi connectivity index (χ1) is 12.2. The van der Waals surface area contributed by atoms with E-state index >= 15 is 0 Å². The van der Waals surface area contributed by atoms with Crippen molar-refractivity contribution in [3.63, 3.8) is 0 Å². The average Bonchev–Trinajstić information content (AvgIpc) is 2.66. The van der Waals surface area contributed by atoms with Crippen LogP contribution in [0.25, 0.3) is 0 Å². The molecule has 0 unspecified atom stereocenters. The molecule has 0 radical (unpaired) electrons. The second-order valence-corrected chi connectivity index (χ2v) is 6.39. The molecule has 0 spiro atoms. The number of carbonyl (C=O) groups is 1. The fourth-order valence-electron chi connectivity index (χ4n) is 3.00. The van der Waals surface area contributed by atoms with E-state index in [0.717, 1.165) is 69.0 Å². The van der Waals surface area contributed by atoms with E-state index in [1.807, 2.05) is 30.0 Å². The molecule has 25 heavy (non-hydrogen) atoms. The molecule has 0 N–H and O–H groups in total. The highest BCUT2D eigenvalue weighted by molar-refractivity contribution is 5.94. The Morgan fingerprint density at radius 1 is 1.12 bits per heavy atom. The molecule has 1 aromatic carbocycles. The molecular formula is C20H32N2O3. The highest BCUT2D eigenvalue weighted by Crippen LogP contribution is 2.23. The number of hydrogen-bond acceptors (Lipinski definition) is 4. The van der Waals surface area contributed by atoms with Crippen molar-refractivity contribution in [2.75, 3.05) is 45.9 Å². The molecule has 0 aromatic heterocycles. The smallest absolute Gasteiger partial charge is 0.253 e. The van der Waals surface area contributed by atoms with Gasteiger partial charge in [-0.05, 0) is 38.1 Å². The predicted octanol–water partition coefficient (Wildman–Crippen LogP) is 3.18. The van der Waals surface area contributed by atoms with Crippen molar-refractivity contribution >= 4 is 5.91 Å². The van der Waals surface area contributed by atoms with Gasteiger partial charge in [0.1, 0.15) is 5.75 Å². The van der Waals surface area contributed by atoms with E-state index in [1.54, 1.807) is 0 Å². The van der Waals surface area contributed by atoms with Crippen molar-refractivity contribution in [1.29, 1.82) is 0 Å². The molecule has 1 aliphatic rings. The van der Waals surface area contributed by atoms with Crippen LogP contribution in [0, 0.1) is 0 Å². The maximum Gasteiger partial charge on any atom is 0.253 e. The molecule has 1 saturated heterocycles. The van der Waals surface area contributed by atoms with Crippen molar-refractivity contribution in [3.05, 3.63) is 29.3 Å². The quantitative estimate of drug-likeness (QED) is 0.643. The van der Waals surface area contributed by atoms with Crippen LogP contribution in [0.15, 0.2) is 18.2 Å². The summed E-state index contributed by atoms with van der Waals surface area (Å²) in [6.07, 6.45) is 2.16. The largest absolute Gasteiger partial charge is 0.494 e. The third-order valence-electron chi connectivity index (χ3n) is 4.61. The monoisotopic (exact) mass is 348 g/mol. The van der Waals surface area contributed by atoms with E-state index in [4.69, 9.17) is 9.47 Å². The maximum atomic E-state index is 12.8. The van der Waals surface area contributed by atoms with E-state index in [-0.39, 0.29) is 5.91 Å². The van der Waals surface area contributed by atoms with Crippen LogP contribution in [0.2, 0.25) is 0 Å². The number of ether oxygens (including phenoxy) is 2. The van der Waals surface area contributed by atoms with E-state index < -0.39 is 0 Å². The number of hydrogen-bond donors (Lipinski definition) is 0. The number of benzene rings is 1. The average molecular weight is 348 g/mol. The lowest BCUT2D eigenvalue weighted by molar-refractivity contribution is 0.0642. The van der Waals surface area contributed by atoms with Crippen molar-refractivity contribution in [1.82, 2.24) is 9.80 Å². The summed E-state index contributed by atoms with van der Waals surface area (Å²) < 4.78 is 11.4. The standard InChI is InChI=1S/C20H32N2O3/c1-4-7-14-24-16-18-15-17(8-9-19(18)25-6-3)20(23)22-12-10-21(5-2)11-13-22/h8-9,15H,4-7,10-14,16H2,1-3H3. The number of rotatable bonds is 9. The van der Waals surface area contributed by atoms with Crippen LogP contribution in [0.5, 0.6) is 5.75 Å². The number of piperazine rings is 1. The summed E-state index contributed by atoms with van der Waals surface area (Å²) in [5, 5.41) is 0. The Hall–Kier alpha value is -1.59. The van der Waals surface area contributed by atoms with Gasteiger partial charge in [0.25, 0.3) is 5.91 Å². The van der Waals surface area contributed by atoms with Gasteiger partial charge in [-0.25, -0.2) is 0 Å². The van der Waals surface area contributed by atoms with Gasteiger partial charge in [-0.3, -0.25) is 4.79 Å². The van der Waals surface area contributed by atoms with E-state index in [1.165, 1.54) is 0 Å². The minimum atomic E-state index is 0.105. The van der Waals surface area contributed by atoms with Gasteiger partial charge in [-0.15, -0.1) is 0 Å². The Morgan fingerprint density at radius 3 is 2.52 bits per heavy atom. The second kappa shape index (κ2) is 10.4. The molecule has 1 amide bonds. The van der Waals surface area contributed by atoms with Crippen LogP contribution < -0.4 is 4.74 Å². The van der Waals surface area contributed by atoms with Crippen LogP contribution in [0.1, 0.15) is 49.5 Å². The molecule has 1 aliphatic heterocycles. The molecule has 0 atom stereocenters. The Labute approximate surface area is 151 Å². The van der Waals surface area contributed by atoms with Crippen LogP contribution in [-0.2, 0) is 11.3 Å². The number of likely N-dealkylation sites (N-methyl/N-ethyl adjacent to an activating group) is 1. The van der Waals surface area contributed by atoms with E-state index in [2.05, 4.69) is 18.7 Å². The van der Waals surface area contributed by atoms with E-state index in [9.17, 15) is 4.79 Å². The third kappa shape index (κ3) is 5.72. The summed E-state index contributed by atoms with van der Waals surface area (Å²) in [7, 11) is 0. The van der Waals surface area contributed by atoms with Crippen LogP contribution in [-0.4, -0.2) is 61.6 Å². The predicted molar refractivity (Wildman–Crippen MR) is 100 cm³/mol. The molecule has 0 aliphatic carbocycles. The molecule has 0 bridgehead atoms. The van der Waals surface area contributed by atoms with Gasteiger partial charge in [-0.2, -0.15) is 0 Å². The van der Waals surface area contributed by atoms with Crippen LogP contribution in [0.3, 0.4) is 0 Å². The van der Waals surface area contributed by atoms with Gasteiger partial charge >= 0.3 is 0 Å². The van der Waals surface area contributed by atoms with Crippen molar-refractivity contribution in [3.8, 4) is 5.75 Å². The van der Waals surface area contributed by atoms with Gasteiger partial charge in [0, 0.05) is 43.9 Å². The van der Waals surface area contributed by atoms with Gasteiger partial charge in [0.2, 0.25) is 0 Å². The normalized spacial score (nSPS) is 15.4. The van der Waals surface area contributed by atoms with Crippen LogP contribution >= 0.6 is 0 Å². The lowest BCUT2D eigenvalue weighted by Crippen LogP contribution is -2.48. The fourth-order valence-corrected chi connectivity index (χ4v) is 3.00. The lowest BCUT2D eigenvalue weighted by Gasteiger charge is -2.34. The van der Waals surface area contributed by atoms with Crippen LogP contribution in [0.4, 0.5) is 0 Å². The van der Waals surface area contributed by atoms with Gasteiger partial charge < -0.3 is 19.3 Å². The Bertz CT molecular complexity index is 540. The molecule has 0 saturated carbocycles. The van der Waals surface area contributed by atoms with E-state index in [0.29, 0.717) is 13.2 Å². The number of amides is 1. The minimum Gasteiger partial charge on any atom is -0.494 e. The molecule has 140 valence electrons. The Kier molecular flexibility index (Phi) is 8.22. The molecule has 1 aromatic rings. The molecule has 1 heterocycles. The maximum absolute atomic E-state index is 12.8. The number of nitrogens with zero attached hydrogens (tertiary/aromatic N) is 2. The summed E-state index contributed by atoms with van der Waals surface area (Å²) in [4.78, 5) is 17.1. The topological polar surface area (TPSA) is 42.0 Å². The zero-order valence-corrected chi connectivity index (χ0v) is 15.9. The third-order valence-corrected chi connectivity index (χ3v) is 4.61. The lowest BCUT2D eigenvalue weighted by atomic mass is 10.1.